The van der Waals surface area contributed by atoms with Crippen molar-refractivity contribution in [2.75, 3.05) is 0 Å². The van der Waals surface area contributed by atoms with Crippen LogP contribution in [0.2, 0.25) is 0 Å². The van der Waals surface area contributed by atoms with Crippen molar-refractivity contribution in [1.29, 1.82) is 0 Å². The number of halogens is 1. The number of aryl methyl sites for hydroxylation is 3. The van der Waals surface area contributed by atoms with Gasteiger partial charge in [0.25, 0.3) is 0 Å². The Bertz CT molecular complexity index is 604. The average Bonchev–Trinajstić information content (AvgIpc) is 2.88. The van der Waals surface area contributed by atoms with Crippen LogP contribution in [0.1, 0.15) is 28.7 Å². The average molecular weight is 273 g/mol. The molecule has 0 aromatic heterocycles. The highest BCUT2D eigenvalue weighted by Gasteiger charge is 2.12. The molecule has 0 spiro atoms. The number of hydrogen-bond donors (Lipinski definition) is 0. The lowest BCUT2D eigenvalue weighted by Crippen LogP contribution is -1.92. The van der Waals surface area contributed by atoms with Crippen LogP contribution in [-0.2, 0) is 18.7 Å². The molecule has 1 aliphatic carbocycles. The molecule has 2 aromatic carbocycles. The van der Waals surface area contributed by atoms with Crippen molar-refractivity contribution in [3.05, 3.63) is 58.7 Å². The molecule has 0 unspecified atom stereocenters. The van der Waals surface area contributed by atoms with Crippen LogP contribution in [0.3, 0.4) is 0 Å². The number of ether oxygens (including phenoxy) is 1. The molecule has 19 heavy (non-hydrogen) atoms. The summed E-state index contributed by atoms with van der Waals surface area (Å²) in [4.78, 5) is 0. The quantitative estimate of drug-likeness (QED) is 0.713. The molecule has 0 aliphatic heterocycles. The van der Waals surface area contributed by atoms with Gasteiger partial charge in [-0.3, -0.25) is 0 Å². The Morgan fingerprint density at radius 2 is 1.89 bits per heavy atom. The molecule has 0 heterocycles. The third kappa shape index (κ3) is 2.62. The summed E-state index contributed by atoms with van der Waals surface area (Å²) in [7, 11) is 0. The van der Waals surface area contributed by atoms with Crippen LogP contribution in [0.25, 0.3) is 0 Å². The molecule has 3 rings (SSSR count). The van der Waals surface area contributed by atoms with Gasteiger partial charge in [-0.2, -0.15) is 0 Å². The molecule has 0 saturated carbocycles. The molecular formula is C17H17ClO. The van der Waals surface area contributed by atoms with Crippen molar-refractivity contribution in [2.45, 2.75) is 32.1 Å². The second kappa shape index (κ2) is 5.26. The van der Waals surface area contributed by atoms with Gasteiger partial charge in [-0.1, -0.05) is 23.8 Å². The lowest BCUT2D eigenvalue weighted by atomic mass is 10.1. The van der Waals surface area contributed by atoms with Gasteiger partial charge >= 0.3 is 0 Å². The molecule has 1 aliphatic rings. The van der Waals surface area contributed by atoms with Crippen LogP contribution in [0.5, 0.6) is 11.5 Å². The van der Waals surface area contributed by atoms with Crippen molar-refractivity contribution >= 4 is 11.6 Å². The van der Waals surface area contributed by atoms with Crippen molar-refractivity contribution < 1.29 is 4.74 Å². The zero-order valence-electron chi connectivity index (χ0n) is 11.1. The van der Waals surface area contributed by atoms with Crippen molar-refractivity contribution in [3.8, 4) is 11.5 Å². The van der Waals surface area contributed by atoms with E-state index in [2.05, 4.69) is 37.3 Å². The first-order valence-electron chi connectivity index (χ1n) is 6.71. The Morgan fingerprint density at radius 3 is 2.74 bits per heavy atom. The SMILES string of the molecule is Cc1ccc(Oc2ccc3c(c2)CCC3)c(CCl)c1. The molecular weight excluding hydrogens is 256 g/mol. The summed E-state index contributed by atoms with van der Waals surface area (Å²) in [6.45, 7) is 2.06. The maximum atomic E-state index is 6.00. The lowest BCUT2D eigenvalue weighted by Gasteiger charge is -2.11. The molecule has 0 radical (unpaired) electrons. The third-order valence-electron chi connectivity index (χ3n) is 3.66. The highest BCUT2D eigenvalue weighted by atomic mass is 35.5. The minimum absolute atomic E-state index is 0.474. The Kier molecular flexibility index (Phi) is 3.48. The normalized spacial score (nSPS) is 13.4. The van der Waals surface area contributed by atoms with Crippen LogP contribution < -0.4 is 4.74 Å². The predicted octanol–water partition coefficient (Wildman–Crippen LogP) is 5.01. The van der Waals surface area contributed by atoms with Gasteiger partial charge < -0.3 is 4.74 Å². The predicted molar refractivity (Wildman–Crippen MR) is 79.3 cm³/mol. The molecule has 2 aromatic rings. The van der Waals surface area contributed by atoms with E-state index in [1.807, 2.05) is 6.07 Å². The van der Waals surface area contributed by atoms with E-state index in [9.17, 15) is 0 Å². The first-order chi connectivity index (χ1) is 9.26. The fraction of sp³-hybridized carbons (Fsp3) is 0.294. The van der Waals surface area contributed by atoms with E-state index in [-0.39, 0.29) is 0 Å². The molecule has 0 saturated heterocycles. The van der Waals surface area contributed by atoms with Crippen LogP contribution >= 0.6 is 11.6 Å². The van der Waals surface area contributed by atoms with Crippen LogP contribution in [0.4, 0.5) is 0 Å². The highest BCUT2D eigenvalue weighted by molar-refractivity contribution is 6.17. The summed E-state index contributed by atoms with van der Waals surface area (Å²) < 4.78 is 6.00. The maximum Gasteiger partial charge on any atom is 0.131 e. The molecule has 1 nitrogen and oxygen atoms in total. The number of fused-ring (bicyclic) bond motifs is 1. The number of benzene rings is 2. The van der Waals surface area contributed by atoms with Crippen LogP contribution in [0, 0.1) is 6.92 Å². The lowest BCUT2D eigenvalue weighted by molar-refractivity contribution is 0.477. The summed E-state index contributed by atoms with van der Waals surface area (Å²) in [5.74, 6) is 2.25. The van der Waals surface area contributed by atoms with Crippen molar-refractivity contribution in [3.63, 3.8) is 0 Å². The Balaban J connectivity index is 1.89. The zero-order valence-corrected chi connectivity index (χ0v) is 11.8. The third-order valence-corrected chi connectivity index (χ3v) is 3.95. The first-order valence-corrected chi connectivity index (χ1v) is 7.25. The molecule has 98 valence electrons. The van der Waals surface area contributed by atoms with Gasteiger partial charge in [-0.15, -0.1) is 11.6 Å². The van der Waals surface area contributed by atoms with Gasteiger partial charge in [0.05, 0.1) is 5.88 Å². The first kappa shape index (κ1) is 12.6. The Labute approximate surface area is 119 Å². The van der Waals surface area contributed by atoms with E-state index >= 15 is 0 Å². The van der Waals surface area contributed by atoms with Gasteiger partial charge in [-0.25, -0.2) is 0 Å². The molecule has 2 heteroatoms. The number of hydrogen-bond acceptors (Lipinski definition) is 1. The van der Waals surface area contributed by atoms with Crippen LogP contribution in [-0.4, -0.2) is 0 Å². The Hall–Kier alpha value is -1.47. The van der Waals surface area contributed by atoms with Gasteiger partial charge in [0.2, 0.25) is 0 Å². The standard InChI is InChI=1S/C17H17ClO/c1-12-5-8-17(15(9-12)11-18)19-16-7-6-13-3-2-4-14(13)10-16/h5-10H,2-4,11H2,1H3. The second-order valence-electron chi connectivity index (χ2n) is 5.13. The molecule has 0 bridgehead atoms. The van der Waals surface area contributed by atoms with E-state index in [0.717, 1.165) is 17.1 Å². The molecule has 0 amide bonds. The minimum Gasteiger partial charge on any atom is -0.457 e. The zero-order chi connectivity index (χ0) is 13.2. The minimum atomic E-state index is 0.474. The van der Waals surface area contributed by atoms with Crippen molar-refractivity contribution in [2.24, 2.45) is 0 Å². The fourth-order valence-corrected chi connectivity index (χ4v) is 2.86. The molecule has 0 atom stereocenters. The number of rotatable bonds is 3. The number of alkyl halides is 1. The van der Waals surface area contributed by atoms with E-state index in [4.69, 9.17) is 16.3 Å². The summed E-state index contributed by atoms with van der Waals surface area (Å²) in [6, 6.07) is 12.5. The van der Waals surface area contributed by atoms with Gasteiger partial charge in [0.15, 0.2) is 0 Å². The monoisotopic (exact) mass is 272 g/mol. The van der Waals surface area contributed by atoms with Gasteiger partial charge in [-0.05, 0) is 55.5 Å². The molecule has 0 N–H and O–H groups in total. The van der Waals surface area contributed by atoms with E-state index in [0.29, 0.717) is 5.88 Å². The summed E-state index contributed by atoms with van der Waals surface area (Å²) in [5.41, 5.74) is 5.14. The van der Waals surface area contributed by atoms with E-state index < -0.39 is 0 Å². The van der Waals surface area contributed by atoms with E-state index in [1.54, 1.807) is 0 Å². The summed E-state index contributed by atoms with van der Waals surface area (Å²) in [6.07, 6.45) is 3.63. The highest BCUT2D eigenvalue weighted by Crippen LogP contribution is 2.31. The summed E-state index contributed by atoms with van der Waals surface area (Å²) in [5, 5.41) is 0. The van der Waals surface area contributed by atoms with Crippen molar-refractivity contribution in [1.82, 2.24) is 0 Å². The van der Waals surface area contributed by atoms with E-state index in [1.165, 1.54) is 36.0 Å². The topological polar surface area (TPSA) is 9.23 Å². The smallest absolute Gasteiger partial charge is 0.131 e. The largest absolute Gasteiger partial charge is 0.457 e. The fourth-order valence-electron chi connectivity index (χ4n) is 2.65. The molecule has 0 fully saturated rings. The van der Waals surface area contributed by atoms with Gasteiger partial charge in [0, 0.05) is 5.56 Å². The van der Waals surface area contributed by atoms with Crippen LogP contribution in [0.15, 0.2) is 36.4 Å². The Morgan fingerprint density at radius 1 is 1.05 bits per heavy atom. The maximum absolute atomic E-state index is 6.00. The second-order valence-corrected chi connectivity index (χ2v) is 5.40. The van der Waals surface area contributed by atoms with Gasteiger partial charge in [0.1, 0.15) is 11.5 Å². The summed E-state index contributed by atoms with van der Waals surface area (Å²) >= 11 is 5.98.